The molecule has 1 amide bonds. The topological polar surface area (TPSA) is 29.1 Å². The van der Waals surface area contributed by atoms with Gasteiger partial charge in [0.25, 0.3) is 0 Å². The van der Waals surface area contributed by atoms with Crippen molar-refractivity contribution in [2.45, 2.75) is 32.7 Å². The van der Waals surface area contributed by atoms with Crippen molar-refractivity contribution in [3.05, 3.63) is 24.8 Å². The Bertz CT molecular complexity index is 182. The van der Waals surface area contributed by atoms with Crippen LogP contribution in [0.1, 0.15) is 26.7 Å². The van der Waals surface area contributed by atoms with Crippen molar-refractivity contribution < 1.29 is 4.79 Å². The Morgan fingerprint density at radius 3 is 2.58 bits per heavy atom. The molecule has 0 fully saturated rings. The first-order valence-electron chi connectivity index (χ1n) is 4.17. The van der Waals surface area contributed by atoms with Gasteiger partial charge in [-0.1, -0.05) is 12.7 Å². The molecule has 0 saturated carbocycles. The molecule has 0 atom stereocenters. The lowest BCUT2D eigenvalue weighted by Gasteiger charge is -2.09. The normalized spacial score (nSPS) is 9.58. The lowest BCUT2D eigenvalue weighted by Crippen LogP contribution is -2.30. The number of amides is 1. The summed E-state index contributed by atoms with van der Waals surface area (Å²) in [4.78, 5) is 11.2. The van der Waals surface area contributed by atoms with E-state index in [4.69, 9.17) is 0 Å². The number of hydrogen-bond acceptors (Lipinski definition) is 1. The molecule has 68 valence electrons. The van der Waals surface area contributed by atoms with Crippen molar-refractivity contribution in [3.8, 4) is 0 Å². The van der Waals surface area contributed by atoms with Crippen LogP contribution in [0.15, 0.2) is 24.8 Å². The predicted molar refractivity (Wildman–Crippen MR) is 51.8 cm³/mol. The van der Waals surface area contributed by atoms with Gasteiger partial charge in [-0.05, 0) is 26.7 Å². The van der Waals surface area contributed by atoms with Crippen molar-refractivity contribution in [1.29, 1.82) is 0 Å². The second kappa shape index (κ2) is 5.58. The molecular weight excluding hydrogens is 150 g/mol. The average molecular weight is 167 g/mol. The highest BCUT2D eigenvalue weighted by Gasteiger charge is 2.06. The zero-order valence-electron chi connectivity index (χ0n) is 7.89. The Morgan fingerprint density at radius 2 is 2.17 bits per heavy atom. The van der Waals surface area contributed by atoms with Crippen LogP contribution < -0.4 is 5.32 Å². The molecule has 0 aliphatic rings. The molecule has 12 heavy (non-hydrogen) atoms. The fourth-order valence-electron chi connectivity index (χ4n) is 0.754. The Hall–Kier alpha value is -1.05. The zero-order valence-corrected chi connectivity index (χ0v) is 7.89. The molecule has 0 aromatic rings. The highest BCUT2D eigenvalue weighted by molar-refractivity contribution is 5.92. The second-order valence-electron chi connectivity index (χ2n) is 3.06. The molecule has 0 unspecified atom stereocenters. The molecule has 0 aromatic heterocycles. The Morgan fingerprint density at radius 1 is 1.58 bits per heavy atom. The van der Waals surface area contributed by atoms with Crippen LogP contribution in [-0.4, -0.2) is 11.9 Å². The van der Waals surface area contributed by atoms with Gasteiger partial charge >= 0.3 is 0 Å². The van der Waals surface area contributed by atoms with E-state index in [0.717, 1.165) is 6.42 Å². The summed E-state index contributed by atoms with van der Waals surface area (Å²) >= 11 is 0. The summed E-state index contributed by atoms with van der Waals surface area (Å²) in [7, 11) is 0. The molecule has 1 N–H and O–H groups in total. The van der Waals surface area contributed by atoms with Crippen LogP contribution >= 0.6 is 0 Å². The molecule has 0 spiro atoms. The summed E-state index contributed by atoms with van der Waals surface area (Å²) in [5.74, 6) is -0.0492. The van der Waals surface area contributed by atoms with Crippen LogP contribution in [0.2, 0.25) is 0 Å². The number of rotatable bonds is 5. The van der Waals surface area contributed by atoms with Crippen molar-refractivity contribution in [3.63, 3.8) is 0 Å². The van der Waals surface area contributed by atoms with Crippen LogP contribution in [-0.2, 0) is 4.79 Å². The summed E-state index contributed by atoms with van der Waals surface area (Å²) in [5, 5.41) is 2.78. The highest BCUT2D eigenvalue weighted by atomic mass is 16.1. The van der Waals surface area contributed by atoms with E-state index in [2.05, 4.69) is 18.5 Å². The van der Waals surface area contributed by atoms with E-state index in [1.807, 2.05) is 13.8 Å². The third kappa shape index (κ3) is 4.72. The molecule has 0 aliphatic carbocycles. The monoisotopic (exact) mass is 167 g/mol. The fourth-order valence-corrected chi connectivity index (χ4v) is 0.754. The molecule has 0 radical (unpaired) electrons. The molecule has 0 saturated heterocycles. The minimum absolute atomic E-state index is 0.0492. The van der Waals surface area contributed by atoms with Crippen LogP contribution in [0, 0.1) is 0 Å². The largest absolute Gasteiger partial charge is 0.350 e. The third-order valence-corrected chi connectivity index (χ3v) is 1.39. The molecule has 0 aromatic carbocycles. The molecule has 0 rings (SSSR count). The predicted octanol–water partition coefficient (Wildman–Crippen LogP) is 2.03. The molecule has 2 nitrogen and oxygen atoms in total. The van der Waals surface area contributed by atoms with Gasteiger partial charge in [-0.15, -0.1) is 6.58 Å². The molecular formula is C10H17NO. The summed E-state index contributed by atoms with van der Waals surface area (Å²) in [6, 6.07) is 0.179. The van der Waals surface area contributed by atoms with Gasteiger partial charge in [0.15, 0.2) is 0 Å². The molecule has 0 bridgehead atoms. The van der Waals surface area contributed by atoms with Gasteiger partial charge in [-0.25, -0.2) is 0 Å². The van der Waals surface area contributed by atoms with Crippen LogP contribution in [0.3, 0.4) is 0 Å². The number of carbonyl (C=O) groups excluding carboxylic acids is 1. The van der Waals surface area contributed by atoms with Gasteiger partial charge in [-0.2, -0.15) is 0 Å². The SMILES string of the molecule is C=CCCC(=C)C(=O)NC(C)C. The van der Waals surface area contributed by atoms with Gasteiger partial charge in [0.05, 0.1) is 0 Å². The van der Waals surface area contributed by atoms with Crippen molar-refractivity contribution in [2.75, 3.05) is 0 Å². The summed E-state index contributed by atoms with van der Waals surface area (Å²) in [6.07, 6.45) is 3.29. The van der Waals surface area contributed by atoms with E-state index >= 15 is 0 Å². The van der Waals surface area contributed by atoms with Crippen LogP contribution in [0.5, 0.6) is 0 Å². The van der Waals surface area contributed by atoms with Crippen molar-refractivity contribution >= 4 is 5.91 Å². The maximum Gasteiger partial charge on any atom is 0.246 e. The highest BCUT2D eigenvalue weighted by Crippen LogP contribution is 2.02. The number of nitrogens with one attached hydrogen (secondary N) is 1. The van der Waals surface area contributed by atoms with Crippen molar-refractivity contribution in [1.82, 2.24) is 5.32 Å². The van der Waals surface area contributed by atoms with E-state index in [0.29, 0.717) is 12.0 Å². The zero-order chi connectivity index (χ0) is 9.56. The quantitative estimate of drug-likeness (QED) is 0.492. The standard InChI is InChI=1S/C10H17NO/c1-5-6-7-9(4)10(12)11-8(2)3/h5,8H,1,4,6-7H2,2-3H3,(H,11,12). The average Bonchev–Trinajstić information content (AvgIpc) is 1.98. The summed E-state index contributed by atoms with van der Waals surface area (Å²) in [5.41, 5.74) is 0.628. The van der Waals surface area contributed by atoms with Gasteiger partial charge in [0.2, 0.25) is 5.91 Å². The van der Waals surface area contributed by atoms with Crippen molar-refractivity contribution in [2.24, 2.45) is 0 Å². The van der Waals surface area contributed by atoms with Crippen LogP contribution in [0.4, 0.5) is 0 Å². The van der Waals surface area contributed by atoms with E-state index in [9.17, 15) is 4.79 Å². The number of hydrogen-bond donors (Lipinski definition) is 1. The van der Waals surface area contributed by atoms with Gasteiger partial charge in [0.1, 0.15) is 0 Å². The lowest BCUT2D eigenvalue weighted by molar-refractivity contribution is -0.118. The summed E-state index contributed by atoms with van der Waals surface area (Å²) < 4.78 is 0. The Labute approximate surface area is 74.4 Å². The van der Waals surface area contributed by atoms with E-state index in [1.54, 1.807) is 6.08 Å². The number of allylic oxidation sites excluding steroid dienone is 1. The first-order valence-corrected chi connectivity index (χ1v) is 4.17. The minimum atomic E-state index is -0.0492. The van der Waals surface area contributed by atoms with Gasteiger partial charge in [0, 0.05) is 11.6 Å². The fraction of sp³-hybridized carbons (Fsp3) is 0.500. The smallest absolute Gasteiger partial charge is 0.246 e. The van der Waals surface area contributed by atoms with E-state index in [1.165, 1.54) is 0 Å². The van der Waals surface area contributed by atoms with E-state index in [-0.39, 0.29) is 11.9 Å². The Balaban J connectivity index is 3.77. The van der Waals surface area contributed by atoms with Gasteiger partial charge < -0.3 is 5.32 Å². The third-order valence-electron chi connectivity index (χ3n) is 1.39. The maximum absolute atomic E-state index is 11.2. The minimum Gasteiger partial charge on any atom is -0.350 e. The van der Waals surface area contributed by atoms with Crippen LogP contribution in [0.25, 0.3) is 0 Å². The Kier molecular flexibility index (Phi) is 5.09. The molecule has 0 heterocycles. The lowest BCUT2D eigenvalue weighted by atomic mass is 10.1. The first kappa shape index (κ1) is 11.0. The summed E-state index contributed by atoms with van der Waals surface area (Å²) in [6.45, 7) is 11.1. The maximum atomic E-state index is 11.2. The van der Waals surface area contributed by atoms with E-state index < -0.39 is 0 Å². The second-order valence-corrected chi connectivity index (χ2v) is 3.06. The number of carbonyl (C=O) groups is 1. The first-order chi connectivity index (χ1) is 5.57. The molecule has 0 aliphatic heterocycles. The van der Waals surface area contributed by atoms with Gasteiger partial charge in [-0.3, -0.25) is 4.79 Å². The molecule has 2 heteroatoms.